The van der Waals surface area contributed by atoms with Crippen molar-refractivity contribution in [3.8, 4) is 0 Å². The van der Waals surface area contributed by atoms with E-state index in [-0.39, 0.29) is 11.0 Å². The molecule has 7 nitrogen and oxygen atoms in total. The molecule has 0 saturated carbocycles. The van der Waals surface area contributed by atoms with Crippen molar-refractivity contribution in [3.63, 3.8) is 0 Å². The summed E-state index contributed by atoms with van der Waals surface area (Å²) in [6.07, 6.45) is 2.21. The predicted molar refractivity (Wildman–Crippen MR) is 87.4 cm³/mol. The van der Waals surface area contributed by atoms with Gasteiger partial charge in [0.1, 0.15) is 11.4 Å². The highest BCUT2D eigenvalue weighted by Crippen LogP contribution is 2.17. The van der Waals surface area contributed by atoms with Gasteiger partial charge in [-0.1, -0.05) is 0 Å². The molecule has 0 aliphatic carbocycles. The third-order valence-corrected chi connectivity index (χ3v) is 4.50. The van der Waals surface area contributed by atoms with Gasteiger partial charge in [-0.25, -0.2) is 18.2 Å². The van der Waals surface area contributed by atoms with Gasteiger partial charge >= 0.3 is 6.09 Å². The van der Waals surface area contributed by atoms with Crippen molar-refractivity contribution in [3.05, 3.63) is 18.3 Å². The summed E-state index contributed by atoms with van der Waals surface area (Å²) in [4.78, 5) is 20.1. The molecular weight excluding hydrogens is 318 g/mol. The molecule has 0 spiro atoms. The average Bonchev–Trinajstić information content (AvgIpc) is 2.45. The van der Waals surface area contributed by atoms with Crippen LogP contribution in [-0.2, 0) is 14.6 Å². The number of hydrogen-bond donors (Lipinski definition) is 0. The molecule has 1 aromatic rings. The Balaban J connectivity index is 1.95. The lowest BCUT2D eigenvalue weighted by atomic mass is 10.2. The normalized spacial score (nSPS) is 16.3. The lowest BCUT2D eigenvalue weighted by Crippen LogP contribution is -2.50. The minimum absolute atomic E-state index is 0.202. The van der Waals surface area contributed by atoms with E-state index in [4.69, 9.17) is 4.74 Å². The number of piperazine rings is 1. The number of aromatic nitrogens is 1. The first-order valence-electron chi connectivity index (χ1n) is 7.45. The monoisotopic (exact) mass is 341 g/mol. The molecule has 0 unspecified atom stereocenters. The average molecular weight is 341 g/mol. The maximum Gasteiger partial charge on any atom is 0.410 e. The third-order valence-electron chi connectivity index (χ3n) is 3.40. The van der Waals surface area contributed by atoms with Crippen molar-refractivity contribution in [2.75, 3.05) is 37.3 Å². The van der Waals surface area contributed by atoms with E-state index in [1.807, 2.05) is 25.7 Å². The van der Waals surface area contributed by atoms with Gasteiger partial charge in [0, 0.05) is 38.6 Å². The van der Waals surface area contributed by atoms with Gasteiger partial charge in [-0.05, 0) is 32.9 Å². The molecule has 2 rings (SSSR count). The second-order valence-electron chi connectivity index (χ2n) is 6.58. The van der Waals surface area contributed by atoms with Gasteiger partial charge in [-0.2, -0.15) is 0 Å². The van der Waals surface area contributed by atoms with Crippen molar-refractivity contribution in [1.82, 2.24) is 9.88 Å². The van der Waals surface area contributed by atoms with E-state index in [0.29, 0.717) is 32.0 Å². The highest BCUT2D eigenvalue weighted by Gasteiger charge is 2.26. The van der Waals surface area contributed by atoms with Crippen LogP contribution in [0.3, 0.4) is 0 Å². The number of nitrogens with zero attached hydrogens (tertiary/aromatic N) is 3. The third kappa shape index (κ3) is 4.82. The second-order valence-corrected chi connectivity index (χ2v) is 8.59. The summed E-state index contributed by atoms with van der Waals surface area (Å²) in [5.74, 6) is 0.709. The number of carbonyl (C=O) groups is 1. The minimum Gasteiger partial charge on any atom is -0.444 e. The van der Waals surface area contributed by atoms with E-state index < -0.39 is 15.4 Å². The molecule has 0 aromatic carbocycles. The number of carbonyl (C=O) groups excluding carboxylic acids is 1. The topological polar surface area (TPSA) is 79.8 Å². The largest absolute Gasteiger partial charge is 0.444 e. The molecule has 1 saturated heterocycles. The van der Waals surface area contributed by atoms with Crippen LogP contribution in [0.5, 0.6) is 0 Å². The minimum atomic E-state index is -3.24. The molecule has 0 bridgehead atoms. The van der Waals surface area contributed by atoms with Crippen molar-refractivity contribution in [1.29, 1.82) is 0 Å². The van der Waals surface area contributed by atoms with Crippen LogP contribution in [-0.4, -0.2) is 62.4 Å². The number of ether oxygens (including phenoxy) is 1. The van der Waals surface area contributed by atoms with Gasteiger partial charge in [0.05, 0.1) is 4.90 Å². The predicted octanol–water partition coefficient (Wildman–Crippen LogP) is 1.54. The zero-order chi connectivity index (χ0) is 17.3. The number of pyridine rings is 1. The van der Waals surface area contributed by atoms with E-state index in [1.54, 1.807) is 17.0 Å². The maximum absolute atomic E-state index is 12.0. The number of amides is 1. The summed E-state index contributed by atoms with van der Waals surface area (Å²) in [7, 11) is -3.24. The summed E-state index contributed by atoms with van der Waals surface area (Å²) in [5, 5.41) is 0. The first-order valence-corrected chi connectivity index (χ1v) is 9.34. The molecule has 1 amide bonds. The first-order chi connectivity index (χ1) is 10.6. The molecule has 128 valence electrons. The summed E-state index contributed by atoms with van der Waals surface area (Å²) >= 11 is 0. The van der Waals surface area contributed by atoms with Gasteiger partial charge in [0.2, 0.25) is 0 Å². The first kappa shape index (κ1) is 17.5. The number of anilines is 1. The van der Waals surface area contributed by atoms with Gasteiger partial charge in [0.25, 0.3) is 0 Å². The molecule has 1 fully saturated rings. The Morgan fingerprint density at radius 2 is 1.78 bits per heavy atom. The van der Waals surface area contributed by atoms with E-state index in [9.17, 15) is 13.2 Å². The summed E-state index contributed by atoms with van der Waals surface area (Å²) < 4.78 is 28.2. The van der Waals surface area contributed by atoms with Crippen LogP contribution in [0.25, 0.3) is 0 Å². The zero-order valence-corrected chi connectivity index (χ0v) is 14.8. The standard InChI is InChI=1S/C15H23N3O4S/c1-15(2,3)22-14(19)18-9-7-17(8-10-18)13-6-5-12(11-16-13)23(4,20)21/h5-6,11H,7-10H2,1-4H3. The Kier molecular flexibility index (Phi) is 4.84. The Bertz CT molecular complexity index is 657. The quantitative estimate of drug-likeness (QED) is 0.812. The Morgan fingerprint density at radius 3 is 2.22 bits per heavy atom. The van der Waals surface area contributed by atoms with E-state index in [1.165, 1.54) is 6.20 Å². The lowest BCUT2D eigenvalue weighted by Gasteiger charge is -2.36. The van der Waals surface area contributed by atoms with Crippen molar-refractivity contribution in [2.24, 2.45) is 0 Å². The van der Waals surface area contributed by atoms with Crippen LogP contribution in [0.1, 0.15) is 20.8 Å². The van der Waals surface area contributed by atoms with Gasteiger partial charge in [-0.3, -0.25) is 0 Å². The van der Waals surface area contributed by atoms with Crippen molar-refractivity contribution >= 4 is 21.7 Å². The molecule has 2 heterocycles. The molecule has 1 aliphatic rings. The molecule has 0 radical (unpaired) electrons. The Labute approximate surface area is 137 Å². The van der Waals surface area contributed by atoms with Crippen LogP contribution in [0.2, 0.25) is 0 Å². The fourth-order valence-electron chi connectivity index (χ4n) is 2.22. The Morgan fingerprint density at radius 1 is 1.17 bits per heavy atom. The highest BCUT2D eigenvalue weighted by atomic mass is 32.2. The van der Waals surface area contributed by atoms with E-state index in [0.717, 1.165) is 6.26 Å². The van der Waals surface area contributed by atoms with Crippen LogP contribution in [0.15, 0.2) is 23.2 Å². The highest BCUT2D eigenvalue weighted by molar-refractivity contribution is 7.90. The maximum atomic E-state index is 12.0. The lowest BCUT2D eigenvalue weighted by molar-refractivity contribution is 0.0240. The number of sulfone groups is 1. The van der Waals surface area contributed by atoms with Gasteiger partial charge in [0.15, 0.2) is 9.84 Å². The molecular formula is C15H23N3O4S. The van der Waals surface area contributed by atoms with Gasteiger partial charge in [-0.15, -0.1) is 0 Å². The molecule has 1 aliphatic heterocycles. The molecule has 0 atom stereocenters. The molecule has 8 heteroatoms. The fraction of sp³-hybridized carbons (Fsp3) is 0.600. The number of hydrogen-bond acceptors (Lipinski definition) is 6. The number of rotatable bonds is 2. The van der Waals surface area contributed by atoms with Crippen molar-refractivity contribution in [2.45, 2.75) is 31.3 Å². The van der Waals surface area contributed by atoms with Crippen molar-refractivity contribution < 1.29 is 17.9 Å². The fourth-order valence-corrected chi connectivity index (χ4v) is 2.78. The van der Waals surface area contributed by atoms with Gasteiger partial charge < -0.3 is 14.5 Å². The zero-order valence-electron chi connectivity index (χ0n) is 13.9. The van der Waals surface area contributed by atoms with Crippen LogP contribution in [0.4, 0.5) is 10.6 Å². The van der Waals surface area contributed by atoms with E-state index in [2.05, 4.69) is 4.98 Å². The molecule has 1 aromatic heterocycles. The molecule has 23 heavy (non-hydrogen) atoms. The van der Waals surface area contributed by atoms with Crippen LogP contribution in [0, 0.1) is 0 Å². The van der Waals surface area contributed by atoms with Crippen LogP contribution < -0.4 is 4.90 Å². The summed E-state index contributed by atoms with van der Waals surface area (Å²) in [5.41, 5.74) is -0.503. The summed E-state index contributed by atoms with van der Waals surface area (Å²) in [6, 6.07) is 3.25. The Hall–Kier alpha value is -1.83. The molecule has 0 N–H and O–H groups in total. The van der Waals surface area contributed by atoms with Crippen LogP contribution >= 0.6 is 0 Å². The summed E-state index contributed by atoms with van der Waals surface area (Å²) in [6.45, 7) is 7.88. The second kappa shape index (κ2) is 6.35. The SMILES string of the molecule is CC(C)(C)OC(=O)N1CCN(c2ccc(S(C)(=O)=O)cn2)CC1. The smallest absolute Gasteiger partial charge is 0.410 e. The van der Waals surface area contributed by atoms with E-state index >= 15 is 0 Å².